The van der Waals surface area contributed by atoms with E-state index in [0.29, 0.717) is 15.6 Å². The molecule has 6 nitrogen and oxygen atoms in total. The molecule has 0 spiro atoms. The van der Waals surface area contributed by atoms with Crippen LogP contribution < -0.4 is 5.43 Å². The second kappa shape index (κ2) is 10.9. The summed E-state index contributed by atoms with van der Waals surface area (Å²) in [5.74, 6) is -0.584. The van der Waals surface area contributed by atoms with Crippen LogP contribution in [-0.4, -0.2) is 31.4 Å². The number of benzene rings is 3. The van der Waals surface area contributed by atoms with Crippen molar-refractivity contribution in [3.63, 3.8) is 0 Å². The van der Waals surface area contributed by atoms with E-state index in [0.717, 1.165) is 21.0 Å². The Labute approximate surface area is 203 Å². The van der Waals surface area contributed by atoms with E-state index >= 15 is 0 Å². The van der Waals surface area contributed by atoms with Gasteiger partial charge in [0.2, 0.25) is 10.0 Å². The lowest BCUT2D eigenvalue weighted by Crippen LogP contribution is -2.39. The van der Waals surface area contributed by atoms with Crippen molar-refractivity contribution in [2.75, 3.05) is 6.54 Å². The van der Waals surface area contributed by atoms with Crippen molar-refractivity contribution < 1.29 is 13.2 Å². The third-order valence-electron chi connectivity index (χ3n) is 4.82. The molecule has 3 rings (SSSR count). The van der Waals surface area contributed by atoms with Gasteiger partial charge in [-0.2, -0.15) is 9.41 Å². The van der Waals surface area contributed by atoms with Gasteiger partial charge in [0.1, 0.15) is 0 Å². The number of carbonyl (C=O) groups is 1. The molecule has 0 radical (unpaired) electrons. The van der Waals surface area contributed by atoms with Crippen LogP contribution in [0.5, 0.6) is 0 Å². The molecule has 0 aliphatic carbocycles. The summed E-state index contributed by atoms with van der Waals surface area (Å²) in [5.41, 5.74) is 5.74. The van der Waals surface area contributed by atoms with E-state index in [1.165, 1.54) is 24.4 Å². The molecule has 0 saturated heterocycles. The van der Waals surface area contributed by atoms with E-state index in [1.807, 2.05) is 38.1 Å². The monoisotopic (exact) mass is 503 g/mol. The lowest BCUT2D eigenvalue weighted by atomic mass is 10.2. The van der Waals surface area contributed by atoms with Crippen LogP contribution in [0, 0.1) is 13.8 Å². The first-order chi connectivity index (χ1) is 15.6. The van der Waals surface area contributed by atoms with Gasteiger partial charge < -0.3 is 0 Å². The molecular weight excluding hydrogens is 481 g/mol. The van der Waals surface area contributed by atoms with Crippen LogP contribution in [0.4, 0.5) is 0 Å². The first kappa shape index (κ1) is 24.9. The van der Waals surface area contributed by atoms with Crippen LogP contribution >= 0.6 is 23.2 Å². The number of nitrogens with one attached hydrogen (secondary N) is 1. The summed E-state index contributed by atoms with van der Waals surface area (Å²) in [7, 11) is -3.99. The van der Waals surface area contributed by atoms with Gasteiger partial charge in [-0.25, -0.2) is 13.8 Å². The molecule has 0 heterocycles. The Morgan fingerprint density at radius 2 is 1.58 bits per heavy atom. The number of amides is 1. The zero-order valence-corrected chi connectivity index (χ0v) is 20.5. The average molecular weight is 504 g/mol. The molecule has 0 bridgehead atoms. The number of hydrogen-bond acceptors (Lipinski definition) is 4. The molecule has 0 fully saturated rings. The molecule has 3 aromatic carbocycles. The minimum absolute atomic E-state index is 0.0779. The molecule has 0 atom stereocenters. The molecule has 1 N–H and O–H groups in total. The molecule has 0 aromatic heterocycles. The van der Waals surface area contributed by atoms with Gasteiger partial charge in [-0.1, -0.05) is 76.8 Å². The number of carbonyl (C=O) groups excluding carboxylic acids is 1. The highest BCUT2D eigenvalue weighted by atomic mass is 35.5. The minimum Gasteiger partial charge on any atom is -0.272 e. The second-order valence-electron chi connectivity index (χ2n) is 7.53. The third kappa shape index (κ3) is 6.88. The van der Waals surface area contributed by atoms with Crippen LogP contribution in [0.2, 0.25) is 10.0 Å². The molecule has 1 amide bonds. The van der Waals surface area contributed by atoms with Gasteiger partial charge in [0.15, 0.2) is 0 Å². The van der Waals surface area contributed by atoms with Crippen molar-refractivity contribution in [2.24, 2.45) is 5.10 Å². The van der Waals surface area contributed by atoms with Crippen LogP contribution in [0.15, 0.2) is 76.7 Å². The van der Waals surface area contributed by atoms with E-state index in [2.05, 4.69) is 10.5 Å². The summed E-state index contributed by atoms with van der Waals surface area (Å²) in [4.78, 5) is 12.7. The van der Waals surface area contributed by atoms with Crippen molar-refractivity contribution in [1.82, 2.24) is 9.73 Å². The zero-order valence-electron chi connectivity index (χ0n) is 18.1. The molecule has 9 heteroatoms. The van der Waals surface area contributed by atoms with Crippen molar-refractivity contribution in [3.8, 4) is 0 Å². The largest absolute Gasteiger partial charge is 0.272 e. The fraction of sp³-hybridized carbons (Fsp3) is 0.167. The van der Waals surface area contributed by atoms with Crippen LogP contribution in [0.1, 0.15) is 22.3 Å². The molecule has 0 saturated carbocycles. The van der Waals surface area contributed by atoms with E-state index in [-0.39, 0.29) is 11.4 Å². The summed E-state index contributed by atoms with van der Waals surface area (Å²) < 4.78 is 27.7. The number of aryl methyl sites for hydroxylation is 2. The molecule has 3 aromatic rings. The Bertz CT molecular complexity index is 1260. The van der Waals surface area contributed by atoms with Crippen molar-refractivity contribution >= 4 is 45.3 Å². The number of hydrazone groups is 1. The molecule has 33 heavy (non-hydrogen) atoms. The van der Waals surface area contributed by atoms with E-state index in [9.17, 15) is 13.2 Å². The molecule has 0 aliphatic rings. The van der Waals surface area contributed by atoms with Gasteiger partial charge in [0.25, 0.3) is 5.91 Å². The van der Waals surface area contributed by atoms with Crippen molar-refractivity contribution in [2.45, 2.75) is 25.3 Å². The third-order valence-corrected chi connectivity index (χ3v) is 7.21. The highest BCUT2D eigenvalue weighted by molar-refractivity contribution is 7.89. The molecule has 0 unspecified atom stereocenters. The summed E-state index contributed by atoms with van der Waals surface area (Å²) in [6, 6.07) is 18.8. The summed E-state index contributed by atoms with van der Waals surface area (Å²) in [6.07, 6.45) is 1.49. The van der Waals surface area contributed by atoms with Gasteiger partial charge in [0, 0.05) is 16.6 Å². The van der Waals surface area contributed by atoms with Crippen LogP contribution in [0.25, 0.3) is 0 Å². The predicted molar refractivity (Wildman–Crippen MR) is 132 cm³/mol. The van der Waals surface area contributed by atoms with Crippen LogP contribution in [0.3, 0.4) is 0 Å². The molecule has 0 aliphatic heterocycles. The van der Waals surface area contributed by atoms with Gasteiger partial charge in [0.05, 0.1) is 17.7 Å². The fourth-order valence-corrected chi connectivity index (χ4v) is 4.79. The first-order valence-corrected chi connectivity index (χ1v) is 12.2. The number of halogens is 2. The first-order valence-electron chi connectivity index (χ1n) is 10.0. The maximum absolute atomic E-state index is 13.3. The van der Waals surface area contributed by atoms with E-state index in [4.69, 9.17) is 23.2 Å². The summed E-state index contributed by atoms with van der Waals surface area (Å²) >= 11 is 12.2. The maximum Gasteiger partial charge on any atom is 0.255 e. The number of sulfonamides is 1. The smallest absolute Gasteiger partial charge is 0.255 e. The lowest BCUT2D eigenvalue weighted by molar-refractivity contribution is -0.121. The number of hydrogen-bond donors (Lipinski definition) is 1. The quantitative estimate of drug-likeness (QED) is 0.348. The average Bonchev–Trinajstić information content (AvgIpc) is 2.76. The van der Waals surface area contributed by atoms with Gasteiger partial charge in [-0.3, -0.25) is 4.79 Å². The summed E-state index contributed by atoms with van der Waals surface area (Å²) in [6.45, 7) is 3.28. The maximum atomic E-state index is 13.3. The van der Waals surface area contributed by atoms with Crippen LogP contribution in [-0.2, 0) is 21.4 Å². The SMILES string of the molecule is Cc1ccc(/C=N\NC(=O)CN(Cc2ccc(Cl)cc2Cl)S(=O)(=O)c2ccc(C)cc2)cc1. The Morgan fingerprint density at radius 3 is 2.18 bits per heavy atom. The highest BCUT2D eigenvalue weighted by Crippen LogP contribution is 2.25. The number of rotatable bonds is 8. The van der Waals surface area contributed by atoms with Crippen molar-refractivity contribution in [3.05, 3.63) is 99.0 Å². The van der Waals surface area contributed by atoms with E-state index in [1.54, 1.807) is 24.3 Å². The van der Waals surface area contributed by atoms with E-state index < -0.39 is 22.5 Å². The predicted octanol–water partition coefficient (Wildman–Crippen LogP) is 4.95. The zero-order chi connectivity index (χ0) is 24.0. The topological polar surface area (TPSA) is 78.8 Å². The minimum atomic E-state index is -3.99. The highest BCUT2D eigenvalue weighted by Gasteiger charge is 2.27. The Morgan fingerprint density at radius 1 is 0.970 bits per heavy atom. The standard InChI is InChI=1S/C24H23Cl2N3O3S/c1-17-3-7-19(8-4-17)14-27-28-24(30)16-29(15-20-9-10-21(25)13-23(20)26)33(31,32)22-11-5-18(2)6-12-22/h3-14H,15-16H2,1-2H3,(H,28,30)/b27-14-. The lowest BCUT2D eigenvalue weighted by Gasteiger charge is -2.22. The van der Waals surface area contributed by atoms with Crippen molar-refractivity contribution in [1.29, 1.82) is 0 Å². The Kier molecular flexibility index (Phi) is 8.26. The normalized spacial score (nSPS) is 11.8. The van der Waals surface area contributed by atoms with Gasteiger partial charge in [-0.15, -0.1) is 0 Å². The Hall–Kier alpha value is -2.71. The molecular formula is C24H23Cl2N3O3S. The second-order valence-corrected chi connectivity index (χ2v) is 10.3. The Balaban J connectivity index is 1.82. The number of nitrogens with zero attached hydrogens (tertiary/aromatic N) is 2. The molecule has 172 valence electrons. The van der Waals surface area contributed by atoms with Gasteiger partial charge >= 0.3 is 0 Å². The van der Waals surface area contributed by atoms with Gasteiger partial charge in [-0.05, 0) is 49.2 Å². The summed E-state index contributed by atoms with van der Waals surface area (Å²) in [5, 5.41) is 4.68. The fourth-order valence-electron chi connectivity index (χ4n) is 2.95.